The number of hydrogen-bond donors (Lipinski definition) is 1. The molecule has 0 radical (unpaired) electrons. The lowest BCUT2D eigenvalue weighted by Gasteiger charge is -2.33. The lowest BCUT2D eigenvalue weighted by Crippen LogP contribution is -2.51. The molecule has 0 aromatic heterocycles. The summed E-state index contributed by atoms with van der Waals surface area (Å²) in [5.41, 5.74) is 0. The minimum absolute atomic E-state index is 0.0361. The highest BCUT2D eigenvalue weighted by atomic mass is 32.2. The summed E-state index contributed by atoms with van der Waals surface area (Å²) in [4.78, 5) is 26.9. The lowest BCUT2D eigenvalue weighted by molar-refractivity contribution is -0.138. The van der Waals surface area contributed by atoms with Gasteiger partial charge in [-0.25, -0.2) is 0 Å². The first-order chi connectivity index (χ1) is 12.1. The van der Waals surface area contributed by atoms with E-state index in [4.69, 9.17) is 4.74 Å². The van der Waals surface area contributed by atoms with Crippen LogP contribution in [0, 0.1) is 5.92 Å². The molecule has 1 heterocycles. The van der Waals surface area contributed by atoms with Crippen molar-refractivity contribution in [2.24, 2.45) is 5.92 Å². The normalized spacial score (nSPS) is 16.3. The molecule has 0 spiro atoms. The Bertz CT molecular complexity index is 545. The molecular formula is C19H28N2O3S. The molecule has 2 amide bonds. The fraction of sp³-hybridized carbons (Fsp3) is 0.579. The summed E-state index contributed by atoms with van der Waals surface area (Å²) in [5.74, 6) is 1.93. The van der Waals surface area contributed by atoms with Gasteiger partial charge in [-0.2, -0.15) is 11.8 Å². The molecule has 1 N–H and O–H groups in total. The zero-order valence-electron chi connectivity index (χ0n) is 15.1. The zero-order chi connectivity index (χ0) is 18.1. The summed E-state index contributed by atoms with van der Waals surface area (Å²) in [5, 5.41) is 2.86. The summed E-state index contributed by atoms with van der Waals surface area (Å²) in [6, 6.07) is 8.75. The molecule has 1 saturated heterocycles. The Hall–Kier alpha value is -1.69. The van der Waals surface area contributed by atoms with E-state index in [1.165, 1.54) is 0 Å². The first kappa shape index (κ1) is 19.6. The highest BCUT2D eigenvalue weighted by molar-refractivity contribution is 7.98. The SMILES string of the molecule is CSCC[C@@H](NC(=O)COc1ccccc1)C(=O)N1CCC(C)CC1. The summed E-state index contributed by atoms with van der Waals surface area (Å²) in [7, 11) is 0. The maximum Gasteiger partial charge on any atom is 0.258 e. The van der Waals surface area contributed by atoms with E-state index in [9.17, 15) is 9.59 Å². The van der Waals surface area contributed by atoms with Gasteiger partial charge in [-0.05, 0) is 49.3 Å². The molecule has 0 aliphatic carbocycles. The first-order valence-electron chi connectivity index (χ1n) is 8.85. The molecule has 1 aliphatic rings. The summed E-state index contributed by atoms with van der Waals surface area (Å²) in [6.07, 6.45) is 4.71. The van der Waals surface area contributed by atoms with Crippen LogP contribution in [-0.4, -0.2) is 54.5 Å². The number of carbonyl (C=O) groups is 2. The Morgan fingerprint density at radius 1 is 1.28 bits per heavy atom. The van der Waals surface area contributed by atoms with Crippen LogP contribution in [0.2, 0.25) is 0 Å². The monoisotopic (exact) mass is 364 g/mol. The number of ether oxygens (including phenoxy) is 1. The van der Waals surface area contributed by atoms with Gasteiger partial charge < -0.3 is 15.0 Å². The number of amides is 2. The first-order valence-corrected chi connectivity index (χ1v) is 10.2. The molecule has 1 fully saturated rings. The minimum atomic E-state index is -0.465. The van der Waals surface area contributed by atoms with Crippen LogP contribution < -0.4 is 10.1 Å². The van der Waals surface area contributed by atoms with Crippen molar-refractivity contribution in [2.45, 2.75) is 32.2 Å². The Morgan fingerprint density at radius 2 is 1.96 bits per heavy atom. The predicted octanol–water partition coefficient (Wildman–Crippen LogP) is 2.56. The van der Waals surface area contributed by atoms with E-state index in [2.05, 4.69) is 12.2 Å². The van der Waals surface area contributed by atoms with E-state index in [1.807, 2.05) is 29.4 Å². The van der Waals surface area contributed by atoms with Gasteiger partial charge in [0, 0.05) is 13.1 Å². The van der Waals surface area contributed by atoms with Gasteiger partial charge in [0.2, 0.25) is 5.91 Å². The van der Waals surface area contributed by atoms with Gasteiger partial charge in [0.1, 0.15) is 11.8 Å². The number of para-hydroxylation sites is 1. The number of carbonyl (C=O) groups excluding carboxylic acids is 2. The van der Waals surface area contributed by atoms with E-state index >= 15 is 0 Å². The van der Waals surface area contributed by atoms with Gasteiger partial charge in [-0.3, -0.25) is 9.59 Å². The van der Waals surface area contributed by atoms with Gasteiger partial charge in [0.15, 0.2) is 6.61 Å². The molecule has 5 nitrogen and oxygen atoms in total. The summed E-state index contributed by atoms with van der Waals surface area (Å²) < 4.78 is 5.47. The maximum absolute atomic E-state index is 12.8. The van der Waals surface area contributed by atoms with Crippen LogP contribution in [0.25, 0.3) is 0 Å². The number of piperidine rings is 1. The van der Waals surface area contributed by atoms with Crippen LogP contribution in [0.4, 0.5) is 0 Å². The predicted molar refractivity (Wildman–Crippen MR) is 102 cm³/mol. The number of likely N-dealkylation sites (tertiary alicyclic amines) is 1. The largest absolute Gasteiger partial charge is 0.484 e. The van der Waals surface area contributed by atoms with Crippen LogP contribution in [0.1, 0.15) is 26.2 Å². The van der Waals surface area contributed by atoms with Crippen LogP contribution >= 0.6 is 11.8 Å². The minimum Gasteiger partial charge on any atom is -0.484 e. The Kier molecular flexibility index (Phi) is 8.12. The highest BCUT2D eigenvalue weighted by Crippen LogP contribution is 2.17. The number of benzene rings is 1. The highest BCUT2D eigenvalue weighted by Gasteiger charge is 2.28. The standard InChI is InChI=1S/C19H28N2O3S/c1-15-8-11-21(12-9-15)19(23)17(10-13-25-2)20-18(22)14-24-16-6-4-3-5-7-16/h3-7,15,17H,8-14H2,1-2H3,(H,20,22)/t17-/m1/s1. The smallest absolute Gasteiger partial charge is 0.258 e. The molecule has 0 saturated carbocycles. The third-order valence-corrected chi connectivity index (χ3v) is 5.10. The van der Waals surface area contributed by atoms with Crippen molar-refractivity contribution in [3.05, 3.63) is 30.3 Å². The molecule has 25 heavy (non-hydrogen) atoms. The van der Waals surface area contributed by atoms with Crippen molar-refractivity contribution in [1.82, 2.24) is 10.2 Å². The van der Waals surface area contributed by atoms with Crippen molar-refractivity contribution in [2.75, 3.05) is 31.7 Å². The van der Waals surface area contributed by atoms with Crippen molar-refractivity contribution in [3.63, 3.8) is 0 Å². The fourth-order valence-electron chi connectivity index (χ4n) is 2.84. The van der Waals surface area contributed by atoms with E-state index < -0.39 is 6.04 Å². The summed E-state index contributed by atoms with van der Waals surface area (Å²) >= 11 is 1.68. The van der Waals surface area contributed by atoms with E-state index in [-0.39, 0.29) is 18.4 Å². The molecule has 138 valence electrons. The maximum atomic E-state index is 12.8. The number of nitrogens with zero attached hydrogens (tertiary/aromatic N) is 1. The molecule has 1 aromatic carbocycles. The second-order valence-corrected chi connectivity index (χ2v) is 7.50. The lowest BCUT2D eigenvalue weighted by atomic mass is 9.98. The zero-order valence-corrected chi connectivity index (χ0v) is 15.9. The van der Waals surface area contributed by atoms with Gasteiger partial charge in [-0.15, -0.1) is 0 Å². The molecule has 2 rings (SSSR count). The Morgan fingerprint density at radius 3 is 2.60 bits per heavy atom. The molecule has 6 heteroatoms. The average Bonchev–Trinajstić information content (AvgIpc) is 2.64. The molecular weight excluding hydrogens is 336 g/mol. The van der Waals surface area contributed by atoms with Crippen molar-refractivity contribution >= 4 is 23.6 Å². The molecule has 1 aliphatic heterocycles. The van der Waals surface area contributed by atoms with Crippen molar-refractivity contribution in [3.8, 4) is 5.75 Å². The number of rotatable bonds is 8. The third-order valence-electron chi connectivity index (χ3n) is 4.45. The van der Waals surface area contributed by atoms with Crippen LogP contribution in [-0.2, 0) is 9.59 Å². The van der Waals surface area contributed by atoms with Gasteiger partial charge in [0.25, 0.3) is 5.91 Å². The van der Waals surface area contributed by atoms with Crippen LogP contribution in [0.15, 0.2) is 30.3 Å². The van der Waals surface area contributed by atoms with Crippen LogP contribution in [0.3, 0.4) is 0 Å². The average molecular weight is 365 g/mol. The number of hydrogen-bond acceptors (Lipinski definition) is 4. The van der Waals surface area contributed by atoms with Gasteiger partial charge in [-0.1, -0.05) is 25.1 Å². The molecule has 0 unspecified atom stereocenters. The summed E-state index contributed by atoms with van der Waals surface area (Å²) in [6.45, 7) is 3.71. The number of thioether (sulfide) groups is 1. The fourth-order valence-corrected chi connectivity index (χ4v) is 3.32. The molecule has 0 bridgehead atoms. The Balaban J connectivity index is 1.87. The third kappa shape index (κ3) is 6.61. The molecule has 1 atom stereocenters. The second kappa shape index (κ2) is 10.3. The van der Waals surface area contributed by atoms with E-state index in [1.54, 1.807) is 23.9 Å². The van der Waals surface area contributed by atoms with E-state index in [0.29, 0.717) is 18.1 Å². The van der Waals surface area contributed by atoms with Gasteiger partial charge in [0.05, 0.1) is 0 Å². The van der Waals surface area contributed by atoms with Crippen molar-refractivity contribution in [1.29, 1.82) is 0 Å². The van der Waals surface area contributed by atoms with Gasteiger partial charge >= 0.3 is 0 Å². The number of nitrogens with one attached hydrogen (secondary N) is 1. The van der Waals surface area contributed by atoms with E-state index in [0.717, 1.165) is 31.7 Å². The van der Waals surface area contributed by atoms with Crippen molar-refractivity contribution < 1.29 is 14.3 Å². The topological polar surface area (TPSA) is 58.6 Å². The molecule has 1 aromatic rings. The second-order valence-electron chi connectivity index (χ2n) is 6.51. The van der Waals surface area contributed by atoms with Crippen LogP contribution in [0.5, 0.6) is 5.75 Å². The quantitative estimate of drug-likeness (QED) is 0.770. The Labute approximate surface area is 154 Å².